The molecule has 0 bridgehead atoms. The van der Waals surface area contributed by atoms with Crippen molar-refractivity contribution in [2.75, 3.05) is 13.7 Å². The van der Waals surface area contributed by atoms with Crippen LogP contribution in [0.25, 0.3) is 0 Å². The van der Waals surface area contributed by atoms with Gasteiger partial charge in [0.2, 0.25) is 0 Å². The first-order valence-electron chi connectivity index (χ1n) is 9.17. The predicted octanol–water partition coefficient (Wildman–Crippen LogP) is 4.08. The minimum Gasteiger partial charge on any atom is -0.497 e. The number of amides is 1. The Kier molecular flexibility index (Phi) is 6.24. The summed E-state index contributed by atoms with van der Waals surface area (Å²) >= 11 is 0. The Labute approximate surface area is 162 Å². The van der Waals surface area contributed by atoms with Crippen LogP contribution in [-0.4, -0.2) is 36.7 Å². The zero-order valence-electron chi connectivity index (χ0n) is 15.6. The third-order valence-corrected chi connectivity index (χ3v) is 5.04. The van der Waals surface area contributed by atoms with Gasteiger partial charge in [-0.15, -0.1) is 0 Å². The highest BCUT2D eigenvalue weighted by Crippen LogP contribution is 2.34. The quantitative estimate of drug-likeness (QED) is 0.834. The van der Waals surface area contributed by atoms with E-state index in [1.807, 2.05) is 30.3 Å². The van der Waals surface area contributed by atoms with Crippen LogP contribution in [0.5, 0.6) is 5.75 Å². The van der Waals surface area contributed by atoms with E-state index in [0.717, 1.165) is 21.8 Å². The van der Waals surface area contributed by atoms with Gasteiger partial charge < -0.3 is 15.0 Å². The number of piperidine rings is 1. The molecule has 0 spiro atoms. The molecule has 150 valence electrons. The summed E-state index contributed by atoms with van der Waals surface area (Å²) in [6, 6.07) is 16.0. The van der Waals surface area contributed by atoms with Crippen molar-refractivity contribution in [2.45, 2.75) is 37.6 Å². The number of ether oxygens (including phenoxy) is 1. The Morgan fingerprint density at radius 2 is 1.82 bits per heavy atom. The summed E-state index contributed by atoms with van der Waals surface area (Å²) in [6.07, 6.45) is -3.96. The van der Waals surface area contributed by atoms with E-state index in [1.165, 1.54) is 0 Å². The zero-order chi connectivity index (χ0) is 20.1. The number of hydrogen-bond acceptors (Lipinski definition) is 3. The molecule has 0 radical (unpaired) electrons. The van der Waals surface area contributed by atoms with Crippen molar-refractivity contribution >= 4 is 5.91 Å². The maximum absolute atomic E-state index is 13.0. The Morgan fingerprint density at radius 3 is 2.43 bits per heavy atom. The van der Waals surface area contributed by atoms with Crippen LogP contribution in [0.4, 0.5) is 13.2 Å². The van der Waals surface area contributed by atoms with E-state index in [1.54, 1.807) is 31.4 Å². The summed E-state index contributed by atoms with van der Waals surface area (Å²) < 4.78 is 44.2. The number of carbonyl (C=O) groups is 1. The van der Waals surface area contributed by atoms with Gasteiger partial charge in [-0.3, -0.25) is 4.79 Å². The van der Waals surface area contributed by atoms with Gasteiger partial charge in [-0.1, -0.05) is 42.5 Å². The smallest absolute Gasteiger partial charge is 0.471 e. The Bertz CT molecular complexity index is 778. The molecule has 3 rings (SSSR count). The van der Waals surface area contributed by atoms with E-state index in [0.29, 0.717) is 19.4 Å². The predicted molar refractivity (Wildman–Crippen MR) is 99.8 cm³/mol. The lowest BCUT2D eigenvalue weighted by molar-refractivity contribution is -0.189. The molecule has 1 saturated heterocycles. The van der Waals surface area contributed by atoms with Crippen molar-refractivity contribution in [3.05, 3.63) is 65.7 Å². The Morgan fingerprint density at radius 1 is 1.14 bits per heavy atom. The van der Waals surface area contributed by atoms with E-state index in [2.05, 4.69) is 5.32 Å². The first-order chi connectivity index (χ1) is 13.4. The number of nitrogens with one attached hydrogen (secondary N) is 1. The Hall–Kier alpha value is -2.54. The number of rotatable bonds is 5. The molecule has 1 fully saturated rings. The molecule has 4 nitrogen and oxygen atoms in total. The van der Waals surface area contributed by atoms with Gasteiger partial charge in [-0.05, 0) is 36.1 Å². The highest BCUT2D eigenvalue weighted by molar-refractivity contribution is 5.82. The standard InChI is InChI=1S/C21H23F3N2O2/c1-28-18-9-7-15(8-10-18)14-25-17-11-12-26(20(27)21(22,23)24)19(13-17)16-5-3-2-4-6-16/h2-10,17,19,25H,11-14H2,1H3/t17?,19-/m0/s1. The summed E-state index contributed by atoms with van der Waals surface area (Å²) in [5, 5.41) is 3.41. The molecule has 28 heavy (non-hydrogen) atoms. The van der Waals surface area contributed by atoms with Crippen molar-refractivity contribution in [2.24, 2.45) is 0 Å². The summed E-state index contributed by atoms with van der Waals surface area (Å²) in [4.78, 5) is 12.9. The van der Waals surface area contributed by atoms with Crippen LogP contribution in [0.1, 0.15) is 30.0 Å². The summed E-state index contributed by atoms with van der Waals surface area (Å²) in [7, 11) is 1.60. The summed E-state index contributed by atoms with van der Waals surface area (Å²) in [6.45, 7) is 0.668. The largest absolute Gasteiger partial charge is 0.497 e. The van der Waals surface area contributed by atoms with E-state index in [-0.39, 0.29) is 12.6 Å². The van der Waals surface area contributed by atoms with Crippen LogP contribution in [-0.2, 0) is 11.3 Å². The van der Waals surface area contributed by atoms with Crippen LogP contribution in [0.2, 0.25) is 0 Å². The molecule has 1 amide bonds. The number of methoxy groups -OCH3 is 1. The molecule has 2 aromatic carbocycles. The molecule has 1 N–H and O–H groups in total. The van der Waals surface area contributed by atoms with Crippen LogP contribution < -0.4 is 10.1 Å². The molecule has 1 unspecified atom stereocenters. The lowest BCUT2D eigenvalue weighted by atomic mass is 9.91. The normalized spacial score (nSPS) is 20.1. The van der Waals surface area contributed by atoms with Crippen LogP contribution in [0, 0.1) is 0 Å². The van der Waals surface area contributed by atoms with Crippen molar-refractivity contribution in [1.29, 1.82) is 0 Å². The van der Waals surface area contributed by atoms with Gasteiger partial charge >= 0.3 is 12.1 Å². The highest BCUT2D eigenvalue weighted by atomic mass is 19.4. The fourth-order valence-electron chi connectivity index (χ4n) is 3.55. The maximum atomic E-state index is 13.0. The SMILES string of the molecule is COc1ccc(CNC2CCN(C(=O)C(F)(F)F)[C@H](c3ccccc3)C2)cc1. The summed E-state index contributed by atoms with van der Waals surface area (Å²) in [5.74, 6) is -0.998. The number of alkyl halides is 3. The number of halogens is 3. The zero-order valence-corrected chi connectivity index (χ0v) is 15.6. The molecular weight excluding hydrogens is 369 g/mol. The van der Waals surface area contributed by atoms with Crippen molar-refractivity contribution in [3.8, 4) is 5.75 Å². The fraction of sp³-hybridized carbons (Fsp3) is 0.381. The monoisotopic (exact) mass is 392 g/mol. The lowest BCUT2D eigenvalue weighted by Crippen LogP contribution is -2.50. The number of carbonyl (C=O) groups excluding carboxylic acids is 1. The first kappa shape index (κ1) is 20.2. The molecule has 7 heteroatoms. The molecule has 0 saturated carbocycles. The van der Waals surface area contributed by atoms with Crippen molar-refractivity contribution in [3.63, 3.8) is 0 Å². The molecule has 0 aliphatic carbocycles. The molecule has 0 aromatic heterocycles. The second-order valence-corrected chi connectivity index (χ2v) is 6.87. The van der Waals surface area contributed by atoms with E-state index < -0.39 is 18.1 Å². The number of benzene rings is 2. The van der Waals surface area contributed by atoms with Crippen LogP contribution in [0.3, 0.4) is 0 Å². The number of likely N-dealkylation sites (tertiary alicyclic amines) is 1. The number of hydrogen-bond donors (Lipinski definition) is 1. The van der Waals surface area contributed by atoms with Gasteiger partial charge in [0, 0.05) is 19.1 Å². The van der Waals surface area contributed by atoms with Crippen LogP contribution >= 0.6 is 0 Å². The van der Waals surface area contributed by atoms with Gasteiger partial charge in [0.1, 0.15) is 5.75 Å². The lowest BCUT2D eigenvalue weighted by Gasteiger charge is -2.40. The molecule has 1 heterocycles. The topological polar surface area (TPSA) is 41.6 Å². The highest BCUT2D eigenvalue weighted by Gasteiger charge is 2.46. The third kappa shape index (κ3) is 4.84. The van der Waals surface area contributed by atoms with Gasteiger partial charge in [0.15, 0.2) is 0 Å². The first-order valence-corrected chi connectivity index (χ1v) is 9.17. The molecule has 2 atom stereocenters. The fourth-order valence-corrected chi connectivity index (χ4v) is 3.55. The second-order valence-electron chi connectivity index (χ2n) is 6.87. The molecule has 1 aliphatic heterocycles. The molecule has 1 aliphatic rings. The van der Waals surface area contributed by atoms with E-state index in [9.17, 15) is 18.0 Å². The summed E-state index contributed by atoms with van der Waals surface area (Å²) in [5.41, 5.74) is 1.78. The molecule has 2 aromatic rings. The van der Waals surface area contributed by atoms with Gasteiger partial charge in [-0.25, -0.2) is 0 Å². The second kappa shape index (κ2) is 8.65. The van der Waals surface area contributed by atoms with Crippen molar-refractivity contribution in [1.82, 2.24) is 10.2 Å². The average molecular weight is 392 g/mol. The third-order valence-electron chi connectivity index (χ3n) is 5.04. The minimum absolute atomic E-state index is 0.0181. The van der Waals surface area contributed by atoms with Gasteiger partial charge in [-0.2, -0.15) is 13.2 Å². The number of nitrogens with zero attached hydrogens (tertiary/aromatic N) is 1. The minimum atomic E-state index is -4.86. The maximum Gasteiger partial charge on any atom is 0.471 e. The van der Waals surface area contributed by atoms with Crippen molar-refractivity contribution < 1.29 is 22.7 Å². The van der Waals surface area contributed by atoms with E-state index >= 15 is 0 Å². The van der Waals surface area contributed by atoms with Gasteiger partial charge in [0.05, 0.1) is 13.2 Å². The van der Waals surface area contributed by atoms with Gasteiger partial charge in [0.25, 0.3) is 0 Å². The Balaban J connectivity index is 1.70. The molecular formula is C21H23F3N2O2. The van der Waals surface area contributed by atoms with Crippen LogP contribution in [0.15, 0.2) is 54.6 Å². The van der Waals surface area contributed by atoms with E-state index in [4.69, 9.17) is 4.74 Å². The average Bonchev–Trinajstić information content (AvgIpc) is 2.72.